The van der Waals surface area contributed by atoms with Crippen LogP contribution in [-0.4, -0.2) is 46.8 Å². The predicted molar refractivity (Wildman–Crippen MR) is 98.4 cm³/mol. The van der Waals surface area contributed by atoms with Crippen molar-refractivity contribution in [2.24, 2.45) is 0 Å². The number of benzene rings is 1. The highest BCUT2D eigenvalue weighted by molar-refractivity contribution is 8.45. The van der Waals surface area contributed by atoms with Gasteiger partial charge in [0.25, 0.3) is 6.33 Å². The molecular formula is C17H17F5N5O2S+. The Morgan fingerprint density at radius 3 is 2.57 bits per heavy atom. The van der Waals surface area contributed by atoms with Gasteiger partial charge in [-0.3, -0.25) is 4.79 Å². The molecule has 1 aromatic carbocycles. The molecule has 4 rings (SSSR count). The monoisotopic (exact) mass is 450 g/mol. The zero-order chi connectivity index (χ0) is 21.6. The number of morpholine rings is 1. The van der Waals surface area contributed by atoms with E-state index in [1.807, 2.05) is 0 Å². The van der Waals surface area contributed by atoms with E-state index in [-0.39, 0.29) is 38.1 Å². The van der Waals surface area contributed by atoms with Crippen LogP contribution in [0.3, 0.4) is 0 Å². The topological polar surface area (TPSA) is 63.6 Å². The summed E-state index contributed by atoms with van der Waals surface area (Å²) in [6.45, 7) is 0.502. The number of Topliss-reactive ketones (excluding diaryl/α,β-unsaturated/α-hetero) is 1. The number of fused-ring (bicyclic) bond motifs is 1. The van der Waals surface area contributed by atoms with Crippen LogP contribution in [0.2, 0.25) is 0 Å². The number of ether oxygens (including phenoxy) is 1. The Labute approximate surface area is 167 Å². The lowest BCUT2D eigenvalue weighted by Crippen LogP contribution is -2.40. The third kappa shape index (κ3) is 4.21. The van der Waals surface area contributed by atoms with Gasteiger partial charge in [-0.15, -0.1) is 4.68 Å². The lowest BCUT2D eigenvalue weighted by molar-refractivity contribution is -0.715. The highest BCUT2D eigenvalue weighted by atomic mass is 32.5. The number of carbonyl (C=O) groups is 1. The third-order valence-electron chi connectivity index (χ3n) is 4.65. The maximum Gasteiger partial charge on any atom is 0.329 e. The molecule has 0 aliphatic carbocycles. The molecule has 1 aliphatic rings. The van der Waals surface area contributed by atoms with Crippen LogP contribution in [0.25, 0.3) is 5.65 Å². The highest BCUT2D eigenvalue weighted by Gasteiger charge is 2.65. The van der Waals surface area contributed by atoms with Crippen molar-refractivity contribution in [2.45, 2.75) is 11.4 Å². The van der Waals surface area contributed by atoms with Gasteiger partial charge in [0, 0.05) is 30.4 Å². The van der Waals surface area contributed by atoms with Crippen molar-refractivity contribution < 1.29 is 33.6 Å². The van der Waals surface area contributed by atoms with Gasteiger partial charge in [0.05, 0.1) is 19.4 Å². The van der Waals surface area contributed by atoms with E-state index in [1.165, 1.54) is 32.7 Å². The summed E-state index contributed by atoms with van der Waals surface area (Å²) in [5.41, 5.74) is -0.156. The maximum absolute atomic E-state index is 13.5. The highest BCUT2D eigenvalue weighted by Crippen LogP contribution is 3.02. The van der Waals surface area contributed by atoms with Crippen molar-refractivity contribution in [1.82, 2.24) is 14.7 Å². The number of rotatable bonds is 5. The summed E-state index contributed by atoms with van der Waals surface area (Å²) in [6.07, 6.45) is 2.82. The SMILES string of the molecule is O=C(C[n+]1ncn2ncccc21)c1cc(N2CCOCC2)cc(S(F)(F)(F)(F)F)c1. The van der Waals surface area contributed by atoms with Crippen LogP contribution < -0.4 is 9.58 Å². The van der Waals surface area contributed by atoms with Crippen LogP contribution in [0.4, 0.5) is 25.1 Å². The van der Waals surface area contributed by atoms with Crippen molar-refractivity contribution >= 4 is 27.3 Å². The molecular weight excluding hydrogens is 433 g/mol. The van der Waals surface area contributed by atoms with Gasteiger partial charge in [-0.05, 0) is 29.4 Å². The van der Waals surface area contributed by atoms with E-state index in [0.29, 0.717) is 11.7 Å². The van der Waals surface area contributed by atoms with Crippen molar-refractivity contribution in [3.8, 4) is 0 Å². The summed E-state index contributed by atoms with van der Waals surface area (Å²) >= 11 is 0. The Kier molecular flexibility index (Phi) is 4.33. The van der Waals surface area contributed by atoms with Crippen LogP contribution in [0.1, 0.15) is 10.4 Å². The van der Waals surface area contributed by atoms with Gasteiger partial charge >= 0.3 is 15.9 Å². The molecule has 0 saturated carbocycles. The Morgan fingerprint density at radius 1 is 1.13 bits per heavy atom. The van der Waals surface area contributed by atoms with Gasteiger partial charge in [-0.2, -0.15) is 0 Å². The lowest BCUT2D eigenvalue weighted by Gasteiger charge is -2.41. The standard InChI is InChI=1S/C17H17F5N5O2S/c18-30(19,20,21,22)15-9-13(8-14(10-15)25-4-6-29-7-5-25)16(28)11-26-17-2-1-3-23-27(17)12-24-26/h1-3,8-10,12H,4-7,11H2/q+1. The van der Waals surface area contributed by atoms with E-state index in [2.05, 4.69) is 10.2 Å². The van der Waals surface area contributed by atoms with Crippen LogP contribution in [0.15, 0.2) is 47.8 Å². The molecule has 7 nitrogen and oxygen atoms in total. The fraction of sp³-hybridized carbons (Fsp3) is 0.294. The Hall–Kier alpha value is -2.80. The maximum atomic E-state index is 13.5. The minimum Gasteiger partial charge on any atom is -0.378 e. The molecule has 0 bridgehead atoms. The normalized spacial score (nSPS) is 17.6. The molecule has 3 heterocycles. The van der Waals surface area contributed by atoms with E-state index in [0.717, 1.165) is 0 Å². The van der Waals surface area contributed by atoms with Gasteiger partial charge in [0.15, 0.2) is 6.54 Å². The van der Waals surface area contributed by atoms with E-state index in [9.17, 15) is 24.2 Å². The summed E-state index contributed by atoms with van der Waals surface area (Å²) < 4.78 is 75.5. The molecule has 0 spiro atoms. The Bertz CT molecular complexity index is 1130. The smallest absolute Gasteiger partial charge is 0.329 e. The number of anilines is 1. The fourth-order valence-corrected chi connectivity index (χ4v) is 3.85. The largest absolute Gasteiger partial charge is 0.378 e. The average Bonchev–Trinajstić information content (AvgIpc) is 3.09. The van der Waals surface area contributed by atoms with Crippen molar-refractivity contribution in [3.63, 3.8) is 0 Å². The van der Waals surface area contributed by atoms with E-state index in [1.54, 1.807) is 12.1 Å². The number of carbonyl (C=O) groups excluding carboxylic acids is 1. The second-order valence-corrected chi connectivity index (χ2v) is 9.23. The molecule has 13 heteroatoms. The molecule has 0 atom stereocenters. The molecule has 1 aliphatic heterocycles. The molecule has 0 radical (unpaired) electrons. The molecule has 2 aromatic heterocycles. The van der Waals surface area contributed by atoms with Gasteiger partial charge < -0.3 is 9.64 Å². The first kappa shape index (κ1) is 20.5. The zero-order valence-corrected chi connectivity index (χ0v) is 16.2. The predicted octanol–water partition coefficient (Wildman–Crippen LogP) is 3.39. The first-order valence-corrected chi connectivity index (χ1v) is 10.8. The molecule has 0 unspecified atom stereocenters. The van der Waals surface area contributed by atoms with Crippen molar-refractivity contribution in [1.29, 1.82) is 0 Å². The quantitative estimate of drug-likeness (QED) is 0.339. The van der Waals surface area contributed by atoms with E-state index >= 15 is 0 Å². The third-order valence-corrected chi connectivity index (χ3v) is 5.78. The van der Waals surface area contributed by atoms with Crippen molar-refractivity contribution in [3.05, 3.63) is 48.4 Å². The summed E-state index contributed by atoms with van der Waals surface area (Å²) in [4.78, 5) is 12.1. The zero-order valence-electron chi connectivity index (χ0n) is 15.4. The van der Waals surface area contributed by atoms with Crippen LogP contribution in [0, 0.1) is 0 Å². The molecule has 1 saturated heterocycles. The Balaban J connectivity index is 1.75. The second kappa shape index (κ2) is 6.35. The second-order valence-electron chi connectivity index (χ2n) is 6.82. The molecule has 3 aromatic rings. The summed E-state index contributed by atoms with van der Waals surface area (Å²) in [7, 11) is -10.00. The van der Waals surface area contributed by atoms with E-state index < -0.39 is 33.0 Å². The molecule has 162 valence electrons. The first-order valence-electron chi connectivity index (χ1n) is 8.84. The van der Waals surface area contributed by atoms with Crippen LogP contribution >= 0.6 is 10.2 Å². The number of nitrogens with zero attached hydrogens (tertiary/aromatic N) is 5. The molecule has 30 heavy (non-hydrogen) atoms. The minimum absolute atomic E-state index is 0.103. The number of ketones is 1. The van der Waals surface area contributed by atoms with Crippen LogP contribution in [0.5, 0.6) is 0 Å². The molecule has 1 fully saturated rings. The van der Waals surface area contributed by atoms with Gasteiger partial charge in [-0.1, -0.05) is 29.0 Å². The number of hydrogen-bond donors (Lipinski definition) is 0. The summed E-state index contributed by atoms with van der Waals surface area (Å²) in [5.74, 6) is -0.789. The number of hydrogen-bond acceptors (Lipinski definition) is 5. The van der Waals surface area contributed by atoms with Gasteiger partial charge in [0.1, 0.15) is 4.90 Å². The van der Waals surface area contributed by atoms with Gasteiger partial charge in [0.2, 0.25) is 5.78 Å². The lowest BCUT2D eigenvalue weighted by atomic mass is 10.1. The van der Waals surface area contributed by atoms with E-state index in [4.69, 9.17) is 4.74 Å². The first-order chi connectivity index (χ1) is 13.9. The molecule has 0 amide bonds. The average molecular weight is 450 g/mol. The number of halogens is 5. The number of aromatic nitrogens is 4. The molecule has 0 N–H and O–H groups in total. The van der Waals surface area contributed by atoms with Gasteiger partial charge in [-0.25, -0.2) is 0 Å². The van der Waals surface area contributed by atoms with Crippen molar-refractivity contribution in [2.75, 3.05) is 31.2 Å². The summed E-state index contributed by atoms with van der Waals surface area (Å²) in [5, 5.41) is 7.96. The minimum atomic E-state index is -10.00. The van der Waals surface area contributed by atoms with Crippen LogP contribution in [-0.2, 0) is 11.3 Å². The fourth-order valence-electron chi connectivity index (χ4n) is 3.16. The Morgan fingerprint density at radius 2 is 1.87 bits per heavy atom. The summed E-state index contributed by atoms with van der Waals surface area (Å²) in [6, 6.07) is 5.01.